The zero-order valence-corrected chi connectivity index (χ0v) is 17.0. The van der Waals surface area contributed by atoms with Crippen molar-refractivity contribution in [1.29, 1.82) is 0 Å². The summed E-state index contributed by atoms with van der Waals surface area (Å²) in [6, 6.07) is 0.192. The summed E-state index contributed by atoms with van der Waals surface area (Å²) in [5.74, 6) is 1.49. The Morgan fingerprint density at radius 3 is 2.48 bits per heavy atom. The van der Waals surface area contributed by atoms with Crippen LogP contribution in [0.4, 0.5) is 0 Å². The maximum absolute atomic E-state index is 11.9. The zero-order valence-electron chi connectivity index (χ0n) is 14.7. The minimum absolute atomic E-state index is 0. The van der Waals surface area contributed by atoms with E-state index >= 15 is 0 Å². The van der Waals surface area contributed by atoms with Crippen molar-refractivity contribution in [2.75, 3.05) is 33.9 Å². The second kappa shape index (κ2) is 13.8. The molecule has 0 aromatic carbocycles. The van der Waals surface area contributed by atoms with Crippen LogP contribution < -0.4 is 16.0 Å². The minimum atomic E-state index is 0. The fourth-order valence-electron chi connectivity index (χ4n) is 2.83. The normalized spacial score (nSPS) is 17.1. The summed E-state index contributed by atoms with van der Waals surface area (Å²) in [4.78, 5) is 16.0. The number of carbonyl (C=O) groups excluding carboxylic acids is 1. The fourth-order valence-corrected chi connectivity index (χ4v) is 2.83. The second-order valence-corrected chi connectivity index (χ2v) is 6.06. The minimum Gasteiger partial charge on any atom is -0.383 e. The molecule has 1 atom stereocenters. The van der Waals surface area contributed by atoms with Crippen LogP contribution in [-0.2, 0) is 9.53 Å². The van der Waals surface area contributed by atoms with Crippen LogP contribution in [0.5, 0.6) is 0 Å². The Morgan fingerprint density at radius 1 is 1.22 bits per heavy atom. The first-order valence-electron chi connectivity index (χ1n) is 8.38. The Balaban J connectivity index is 0.00000484. The smallest absolute Gasteiger partial charge is 0.220 e. The molecule has 136 valence electrons. The summed E-state index contributed by atoms with van der Waals surface area (Å²) >= 11 is 0. The first kappa shape index (κ1) is 22.4. The predicted octanol–water partition coefficient (Wildman–Crippen LogP) is 1.89. The third kappa shape index (κ3) is 10.8. The highest BCUT2D eigenvalue weighted by Crippen LogP contribution is 2.25. The number of aliphatic imine (C=N–C) groups is 1. The Bertz CT molecular complexity index is 347. The molecular formula is C16H33IN4O2. The van der Waals surface area contributed by atoms with E-state index in [0.29, 0.717) is 32.0 Å². The van der Waals surface area contributed by atoms with Gasteiger partial charge in [-0.15, -0.1) is 24.0 Å². The number of carbonyl (C=O) groups is 1. The van der Waals surface area contributed by atoms with Crippen molar-refractivity contribution in [2.24, 2.45) is 10.9 Å². The summed E-state index contributed by atoms with van der Waals surface area (Å²) in [6.45, 7) is 3.93. The molecule has 1 saturated carbocycles. The fraction of sp³-hybridized carbons (Fsp3) is 0.875. The lowest BCUT2D eigenvalue weighted by atomic mass is 9.87. The van der Waals surface area contributed by atoms with Gasteiger partial charge in [0, 0.05) is 39.7 Å². The maximum atomic E-state index is 11.9. The number of halogens is 1. The van der Waals surface area contributed by atoms with Crippen molar-refractivity contribution in [3.8, 4) is 0 Å². The molecule has 1 fully saturated rings. The lowest BCUT2D eigenvalue weighted by Gasteiger charge is -2.21. The molecule has 1 aliphatic rings. The number of nitrogens with zero attached hydrogens (tertiary/aromatic N) is 1. The van der Waals surface area contributed by atoms with E-state index in [1.165, 1.54) is 32.1 Å². The van der Waals surface area contributed by atoms with E-state index in [9.17, 15) is 4.79 Å². The van der Waals surface area contributed by atoms with Crippen LogP contribution in [0.3, 0.4) is 0 Å². The lowest BCUT2D eigenvalue weighted by molar-refractivity contribution is -0.122. The van der Waals surface area contributed by atoms with Gasteiger partial charge in [0.25, 0.3) is 0 Å². The van der Waals surface area contributed by atoms with Crippen LogP contribution in [0.15, 0.2) is 4.99 Å². The summed E-state index contributed by atoms with van der Waals surface area (Å²) < 4.78 is 5.08. The van der Waals surface area contributed by atoms with Gasteiger partial charge >= 0.3 is 0 Å². The monoisotopic (exact) mass is 440 g/mol. The highest BCUT2D eigenvalue weighted by molar-refractivity contribution is 14.0. The van der Waals surface area contributed by atoms with Gasteiger partial charge in [0.1, 0.15) is 0 Å². The largest absolute Gasteiger partial charge is 0.383 e. The van der Waals surface area contributed by atoms with Crippen LogP contribution in [-0.4, -0.2) is 51.8 Å². The van der Waals surface area contributed by atoms with E-state index in [4.69, 9.17) is 4.74 Å². The quantitative estimate of drug-likeness (QED) is 0.233. The van der Waals surface area contributed by atoms with Gasteiger partial charge in [-0.2, -0.15) is 0 Å². The van der Waals surface area contributed by atoms with E-state index in [1.807, 2.05) is 6.92 Å². The van der Waals surface area contributed by atoms with E-state index in [2.05, 4.69) is 20.9 Å². The Labute approximate surface area is 157 Å². The average molecular weight is 440 g/mol. The van der Waals surface area contributed by atoms with Crippen molar-refractivity contribution in [2.45, 2.75) is 51.5 Å². The summed E-state index contributed by atoms with van der Waals surface area (Å²) in [6.07, 6.45) is 6.98. The Morgan fingerprint density at radius 2 is 1.87 bits per heavy atom. The summed E-state index contributed by atoms with van der Waals surface area (Å²) in [7, 11) is 3.41. The molecule has 0 heterocycles. The topological polar surface area (TPSA) is 74.8 Å². The van der Waals surface area contributed by atoms with Gasteiger partial charge in [0.15, 0.2) is 5.96 Å². The molecule has 1 aliphatic carbocycles. The lowest BCUT2D eigenvalue weighted by Crippen LogP contribution is -2.46. The first-order chi connectivity index (χ1) is 10.7. The van der Waals surface area contributed by atoms with Crippen molar-refractivity contribution >= 4 is 35.8 Å². The molecule has 0 saturated heterocycles. The molecule has 0 radical (unpaired) electrons. The van der Waals surface area contributed by atoms with Gasteiger partial charge < -0.3 is 20.7 Å². The van der Waals surface area contributed by atoms with E-state index in [1.54, 1.807) is 14.2 Å². The average Bonchev–Trinajstić information content (AvgIpc) is 2.51. The van der Waals surface area contributed by atoms with Gasteiger partial charge in [-0.3, -0.25) is 9.79 Å². The number of guanidine groups is 1. The third-order valence-electron chi connectivity index (χ3n) is 3.96. The van der Waals surface area contributed by atoms with Crippen LogP contribution in [0, 0.1) is 5.92 Å². The maximum Gasteiger partial charge on any atom is 0.220 e. The molecular weight excluding hydrogens is 407 g/mol. The molecule has 0 spiro atoms. The molecule has 1 unspecified atom stereocenters. The molecule has 0 aromatic rings. The zero-order chi connectivity index (χ0) is 16.2. The number of methoxy groups -OCH3 is 1. The molecule has 7 heteroatoms. The predicted molar refractivity (Wildman–Crippen MR) is 105 cm³/mol. The van der Waals surface area contributed by atoms with Gasteiger partial charge in [-0.05, 0) is 25.7 Å². The van der Waals surface area contributed by atoms with E-state index in [-0.39, 0.29) is 35.9 Å². The number of nitrogens with one attached hydrogen (secondary N) is 3. The van der Waals surface area contributed by atoms with Crippen molar-refractivity contribution in [1.82, 2.24) is 16.0 Å². The molecule has 3 N–H and O–H groups in total. The summed E-state index contributed by atoms with van der Waals surface area (Å²) in [5, 5.41) is 9.39. The van der Waals surface area contributed by atoms with Crippen molar-refractivity contribution < 1.29 is 9.53 Å². The molecule has 0 aliphatic heterocycles. The molecule has 23 heavy (non-hydrogen) atoms. The van der Waals surface area contributed by atoms with Gasteiger partial charge in [-0.1, -0.05) is 19.3 Å². The number of hydrogen-bond acceptors (Lipinski definition) is 3. The van der Waals surface area contributed by atoms with Gasteiger partial charge in [0.05, 0.1) is 6.61 Å². The number of hydrogen-bond donors (Lipinski definition) is 3. The standard InChI is InChI=1S/C16H32N4O2.HI/c1-13(12-22-3)20-16(17-2)19-10-9-18-15(21)11-14-7-5-4-6-8-14;/h13-14H,4-12H2,1-3H3,(H,18,21)(H2,17,19,20);1H. The van der Waals surface area contributed by atoms with Gasteiger partial charge in [-0.25, -0.2) is 0 Å². The van der Waals surface area contributed by atoms with Gasteiger partial charge in [0.2, 0.25) is 5.91 Å². The molecule has 0 bridgehead atoms. The van der Waals surface area contributed by atoms with Crippen molar-refractivity contribution in [3.05, 3.63) is 0 Å². The van der Waals surface area contributed by atoms with E-state index < -0.39 is 0 Å². The number of rotatable bonds is 8. The Kier molecular flexibility index (Phi) is 13.5. The number of amides is 1. The SMILES string of the molecule is CN=C(NCCNC(=O)CC1CCCCC1)NC(C)COC.I. The van der Waals surface area contributed by atoms with Crippen LogP contribution >= 0.6 is 24.0 Å². The molecule has 1 rings (SSSR count). The van der Waals surface area contributed by atoms with E-state index in [0.717, 1.165) is 5.96 Å². The number of ether oxygens (including phenoxy) is 1. The third-order valence-corrected chi connectivity index (χ3v) is 3.96. The van der Waals surface area contributed by atoms with Crippen molar-refractivity contribution in [3.63, 3.8) is 0 Å². The molecule has 6 nitrogen and oxygen atoms in total. The summed E-state index contributed by atoms with van der Waals surface area (Å²) in [5.41, 5.74) is 0. The molecule has 1 amide bonds. The Hall–Kier alpha value is -0.570. The van der Waals surface area contributed by atoms with Crippen LogP contribution in [0.1, 0.15) is 45.4 Å². The highest BCUT2D eigenvalue weighted by atomic mass is 127. The highest BCUT2D eigenvalue weighted by Gasteiger charge is 2.16. The van der Waals surface area contributed by atoms with Crippen LogP contribution in [0.25, 0.3) is 0 Å². The first-order valence-corrected chi connectivity index (χ1v) is 8.38. The molecule has 0 aromatic heterocycles. The second-order valence-electron chi connectivity index (χ2n) is 6.06. The van der Waals surface area contributed by atoms with Crippen LogP contribution in [0.2, 0.25) is 0 Å².